The Balaban J connectivity index is 0.000000245. The van der Waals surface area contributed by atoms with Crippen LogP contribution in [0.1, 0.15) is 0 Å². The minimum Gasteiger partial charge on any atom is -0.0620 e. The summed E-state index contributed by atoms with van der Waals surface area (Å²) in [5.74, 6) is 0. The van der Waals surface area contributed by atoms with Crippen molar-refractivity contribution >= 4 is 74.1 Å². The molecule has 0 saturated heterocycles. The van der Waals surface area contributed by atoms with E-state index in [1.54, 1.807) is 0 Å². The molecule has 0 bridgehead atoms. The molecule has 0 fully saturated rings. The van der Waals surface area contributed by atoms with E-state index in [4.69, 9.17) is 21.6 Å². The van der Waals surface area contributed by atoms with Gasteiger partial charge in [0, 0.05) is 42.6 Å². The van der Waals surface area contributed by atoms with E-state index in [-0.39, 0.29) is 21.1 Å². The van der Waals surface area contributed by atoms with Gasteiger partial charge in [-0.05, 0) is 97.1 Å². The molecule has 0 unspecified atom stereocenters. The fourth-order valence-corrected chi connectivity index (χ4v) is 19.8. The molecule has 302 valence electrons. The largest absolute Gasteiger partial charge is 0.101 e. The van der Waals surface area contributed by atoms with Crippen molar-refractivity contribution in [3.05, 3.63) is 243 Å². The first-order valence-electron chi connectivity index (χ1n) is 20.1. The Bertz CT molecular complexity index is 1870. The van der Waals surface area contributed by atoms with Crippen molar-refractivity contribution in [3.63, 3.8) is 0 Å². The Morgan fingerprint density at radius 3 is 0.393 bits per heavy atom. The van der Waals surface area contributed by atoms with Crippen molar-refractivity contribution in [2.24, 2.45) is 0 Å². The van der Waals surface area contributed by atoms with E-state index in [1.807, 2.05) is 0 Å². The molecular formula is C52H52MoN4P4+4. The number of benzene rings is 8. The van der Waals surface area contributed by atoms with Gasteiger partial charge in [0.2, 0.25) is 0 Å². The molecule has 8 aromatic carbocycles. The van der Waals surface area contributed by atoms with Crippen LogP contribution in [0.2, 0.25) is 0 Å². The first kappa shape index (κ1) is 48.7. The summed E-state index contributed by atoms with van der Waals surface area (Å²) in [7, 11) is -3.13. The minimum atomic E-state index is -0.783. The topological polar surface area (TPSA) is 95.2 Å². The van der Waals surface area contributed by atoms with Gasteiger partial charge in [0.05, 0.1) is 74.1 Å². The third-order valence-corrected chi connectivity index (χ3v) is 22.5. The molecule has 0 aromatic heterocycles. The van der Waals surface area contributed by atoms with Crippen molar-refractivity contribution in [2.45, 2.75) is 0 Å². The van der Waals surface area contributed by atoms with Gasteiger partial charge in [0.15, 0.2) is 0 Å². The van der Waals surface area contributed by atoms with Crippen molar-refractivity contribution in [3.8, 4) is 0 Å². The summed E-state index contributed by atoms with van der Waals surface area (Å²) in [5.41, 5.74) is 0. The van der Waals surface area contributed by atoms with Crippen molar-refractivity contribution in [1.82, 2.24) is 0 Å². The Morgan fingerprint density at radius 1 is 0.197 bits per heavy atom. The number of hydrogen-bond donors (Lipinski definition) is 0. The maximum Gasteiger partial charge on any atom is 0.101 e. The normalized spacial score (nSPS) is 10.2. The maximum absolute atomic E-state index is 6.00. The molecule has 8 rings (SSSR count). The van der Waals surface area contributed by atoms with E-state index >= 15 is 0 Å². The van der Waals surface area contributed by atoms with Crippen LogP contribution in [0.4, 0.5) is 0 Å². The molecule has 0 heterocycles. The number of nitrogens with zero attached hydrogens (tertiary/aromatic N) is 4. The second-order valence-corrected chi connectivity index (χ2v) is 24.3. The van der Waals surface area contributed by atoms with E-state index in [0.29, 0.717) is 0 Å². The quantitative estimate of drug-likeness (QED) is 0.0617. The zero-order valence-corrected chi connectivity index (χ0v) is 40.1. The summed E-state index contributed by atoms with van der Waals surface area (Å²) >= 11 is 0. The predicted molar refractivity (Wildman–Crippen MR) is 268 cm³/mol. The number of rotatable bonds is 14. The van der Waals surface area contributed by atoms with Crippen LogP contribution in [-0.4, -0.2) is 24.6 Å². The number of hydrogen-bond acceptors (Lipinski definition) is 4. The van der Waals surface area contributed by atoms with Crippen LogP contribution in [-0.2, 0) is 21.1 Å². The molecule has 0 amide bonds. The Morgan fingerprint density at radius 2 is 0.295 bits per heavy atom. The van der Waals surface area contributed by atoms with E-state index in [2.05, 4.69) is 243 Å². The molecule has 61 heavy (non-hydrogen) atoms. The van der Waals surface area contributed by atoms with E-state index in [0.717, 1.165) is 0 Å². The second kappa shape index (κ2) is 28.5. The van der Waals surface area contributed by atoms with Gasteiger partial charge in [-0.3, -0.25) is 0 Å². The molecule has 0 aliphatic heterocycles. The Labute approximate surface area is 381 Å². The molecule has 4 nitrogen and oxygen atoms in total. The van der Waals surface area contributed by atoms with Gasteiger partial charge in [-0.1, -0.05) is 146 Å². The monoisotopic (exact) mass is 954 g/mol. The summed E-state index contributed by atoms with van der Waals surface area (Å²) < 4.78 is 0. The maximum atomic E-state index is 6.00. The van der Waals surface area contributed by atoms with Crippen LogP contribution in [0.15, 0.2) is 243 Å². The summed E-state index contributed by atoms with van der Waals surface area (Å²) in [6.07, 6.45) is 5.04. The summed E-state index contributed by atoms with van der Waals surface area (Å²) in [5, 5.41) is 36.1. The van der Waals surface area contributed by atoms with Crippen molar-refractivity contribution in [1.29, 1.82) is 21.6 Å². The van der Waals surface area contributed by atoms with Gasteiger partial charge >= 0.3 is 0 Å². The van der Waals surface area contributed by atoms with Gasteiger partial charge in [-0.25, -0.2) is 0 Å². The third-order valence-electron chi connectivity index (χ3n) is 10.2. The molecule has 0 radical (unpaired) electrons. The fourth-order valence-electron chi connectivity index (χ4n) is 7.44. The molecule has 8 aromatic rings. The minimum absolute atomic E-state index is 0. The Kier molecular flexibility index (Phi) is 22.8. The van der Waals surface area contributed by atoms with Crippen LogP contribution in [0.5, 0.6) is 0 Å². The van der Waals surface area contributed by atoms with Crippen LogP contribution < -0.4 is 42.4 Å². The van der Waals surface area contributed by atoms with Crippen molar-refractivity contribution in [2.75, 3.05) is 24.6 Å². The molecule has 9 heteroatoms. The molecular weight excluding hydrogens is 900 g/mol. The van der Waals surface area contributed by atoms with E-state index in [1.165, 1.54) is 67.1 Å². The molecule has 0 saturated carbocycles. The zero-order valence-electron chi connectivity index (χ0n) is 34.1. The first-order valence-corrected chi connectivity index (χ1v) is 26.9. The third kappa shape index (κ3) is 15.1. The summed E-state index contributed by atoms with van der Waals surface area (Å²) in [6, 6.07) is 89.0. The van der Waals surface area contributed by atoms with Crippen LogP contribution in [0.3, 0.4) is 0 Å². The first-order chi connectivity index (χ1) is 29.8. The van der Waals surface area contributed by atoms with Crippen LogP contribution in [0, 0.1) is 21.6 Å². The van der Waals surface area contributed by atoms with Crippen LogP contribution in [0.25, 0.3) is 0 Å². The van der Waals surface area contributed by atoms with E-state index in [9.17, 15) is 0 Å². The zero-order chi connectivity index (χ0) is 42.0. The molecule has 0 spiro atoms. The summed E-state index contributed by atoms with van der Waals surface area (Å²) in [4.78, 5) is 0. The van der Waals surface area contributed by atoms with Crippen LogP contribution >= 0.6 is 31.7 Å². The second-order valence-electron chi connectivity index (χ2n) is 13.8. The Hall–Kier alpha value is -4.99. The van der Waals surface area contributed by atoms with Gasteiger partial charge < -0.3 is 0 Å². The molecule has 0 atom stereocenters. The van der Waals surface area contributed by atoms with Gasteiger partial charge in [-0.2, -0.15) is 0 Å². The SMILES string of the molecule is N#N.N#N.[Mo].c1ccc([PH+](CC[PH+](c2ccccc2)c2ccccc2)c2ccccc2)cc1.c1ccc([PH+](CC[PH+](c2ccccc2)c2ccccc2)c2ccccc2)cc1. The fraction of sp³-hybridized carbons (Fsp3) is 0.0769. The smallest absolute Gasteiger partial charge is 0.0620 e. The van der Waals surface area contributed by atoms with Crippen molar-refractivity contribution < 1.29 is 21.1 Å². The van der Waals surface area contributed by atoms with Gasteiger partial charge in [-0.15, -0.1) is 0 Å². The standard InChI is InChI=1S/2C26H24P2.Mo.2N2/c2*1-5-13-23(14-6-1)27(24-15-7-2-8-16-24)21-22-28(25-17-9-3-10-18-25)26-19-11-4-12-20-26;;2*1-2/h2*1-20H,21-22H2;;;/p+4. The van der Waals surface area contributed by atoms with Gasteiger partial charge in [0.25, 0.3) is 0 Å². The molecule has 0 aliphatic carbocycles. The molecule has 0 N–H and O–H groups in total. The predicted octanol–water partition coefficient (Wildman–Crippen LogP) is 9.49. The molecule has 0 aliphatic rings. The van der Waals surface area contributed by atoms with E-state index < -0.39 is 31.7 Å². The summed E-state index contributed by atoms with van der Waals surface area (Å²) in [6.45, 7) is 0. The average molecular weight is 953 g/mol. The van der Waals surface area contributed by atoms with Gasteiger partial charge in [0.1, 0.15) is 24.6 Å². The average Bonchev–Trinajstić information content (AvgIpc) is 3.35.